The smallest absolute Gasteiger partial charge is 0.353 e. The summed E-state index contributed by atoms with van der Waals surface area (Å²) in [5.74, 6) is 0.145. The first-order valence-electron chi connectivity index (χ1n) is 5.64. The molecule has 0 unspecified atom stereocenters. The highest BCUT2D eigenvalue weighted by atomic mass is 16.6. The second kappa shape index (κ2) is 4.73. The number of ether oxygens (including phenoxy) is 1. The van der Waals surface area contributed by atoms with Crippen LogP contribution in [0.15, 0.2) is 6.33 Å². The molecule has 8 heteroatoms. The first-order chi connectivity index (χ1) is 8.49. The van der Waals surface area contributed by atoms with Gasteiger partial charge in [0.2, 0.25) is 11.6 Å². The van der Waals surface area contributed by atoms with E-state index in [1.54, 1.807) is 0 Å². The van der Waals surface area contributed by atoms with Gasteiger partial charge < -0.3 is 15.4 Å². The van der Waals surface area contributed by atoms with Gasteiger partial charge in [-0.3, -0.25) is 10.1 Å². The number of rotatable bonds is 2. The van der Waals surface area contributed by atoms with Crippen molar-refractivity contribution in [2.75, 3.05) is 23.7 Å². The summed E-state index contributed by atoms with van der Waals surface area (Å²) in [6, 6.07) is 0. The molecule has 1 fully saturated rings. The van der Waals surface area contributed by atoms with Gasteiger partial charge in [-0.05, 0) is 13.8 Å². The molecule has 0 saturated carbocycles. The van der Waals surface area contributed by atoms with Gasteiger partial charge in [0.15, 0.2) is 0 Å². The molecule has 1 saturated heterocycles. The molecule has 0 bridgehead atoms. The van der Waals surface area contributed by atoms with Crippen molar-refractivity contribution in [1.82, 2.24) is 9.97 Å². The van der Waals surface area contributed by atoms with Gasteiger partial charge in [0.05, 0.1) is 17.1 Å². The zero-order valence-corrected chi connectivity index (χ0v) is 10.2. The minimum atomic E-state index is -0.546. The molecule has 1 aromatic rings. The van der Waals surface area contributed by atoms with Crippen LogP contribution in [0.3, 0.4) is 0 Å². The van der Waals surface area contributed by atoms with E-state index >= 15 is 0 Å². The lowest BCUT2D eigenvalue weighted by Crippen LogP contribution is -2.46. The molecular formula is C10H15N5O3. The average Bonchev–Trinajstić information content (AvgIpc) is 2.26. The maximum atomic E-state index is 11.0. The lowest BCUT2D eigenvalue weighted by molar-refractivity contribution is -0.383. The summed E-state index contributed by atoms with van der Waals surface area (Å²) < 4.78 is 5.58. The molecule has 98 valence electrons. The van der Waals surface area contributed by atoms with Crippen LogP contribution in [0.2, 0.25) is 0 Å². The number of nitrogen functional groups attached to an aromatic ring is 1. The molecule has 2 atom stereocenters. The largest absolute Gasteiger partial charge is 0.378 e. The number of morpholine rings is 1. The molecule has 0 aromatic carbocycles. The third kappa shape index (κ3) is 2.33. The van der Waals surface area contributed by atoms with E-state index in [9.17, 15) is 10.1 Å². The molecule has 0 radical (unpaired) electrons. The quantitative estimate of drug-likeness (QED) is 0.606. The van der Waals surface area contributed by atoms with E-state index in [2.05, 4.69) is 9.97 Å². The van der Waals surface area contributed by atoms with Crippen LogP contribution in [-0.2, 0) is 4.74 Å². The van der Waals surface area contributed by atoms with Crippen molar-refractivity contribution in [3.05, 3.63) is 16.4 Å². The molecule has 0 amide bonds. The number of aromatic nitrogens is 2. The van der Waals surface area contributed by atoms with Crippen LogP contribution in [0, 0.1) is 10.1 Å². The number of nitrogens with zero attached hydrogens (tertiary/aromatic N) is 4. The minimum Gasteiger partial charge on any atom is -0.378 e. The first-order valence-corrected chi connectivity index (χ1v) is 5.64. The summed E-state index contributed by atoms with van der Waals surface area (Å²) in [7, 11) is 0. The van der Waals surface area contributed by atoms with Crippen molar-refractivity contribution in [3.63, 3.8) is 0 Å². The van der Waals surface area contributed by atoms with E-state index < -0.39 is 4.92 Å². The van der Waals surface area contributed by atoms with Crippen molar-refractivity contribution < 1.29 is 9.66 Å². The third-order valence-electron chi connectivity index (χ3n) is 2.73. The number of nitrogens with two attached hydrogens (primary N) is 1. The highest BCUT2D eigenvalue weighted by Gasteiger charge is 2.30. The average molecular weight is 253 g/mol. The summed E-state index contributed by atoms with van der Waals surface area (Å²) in [4.78, 5) is 20.0. The Morgan fingerprint density at radius 1 is 1.44 bits per heavy atom. The zero-order valence-electron chi connectivity index (χ0n) is 10.2. The fourth-order valence-electron chi connectivity index (χ4n) is 2.14. The Morgan fingerprint density at radius 3 is 2.61 bits per heavy atom. The first kappa shape index (κ1) is 12.5. The molecule has 1 aromatic heterocycles. The van der Waals surface area contributed by atoms with Gasteiger partial charge in [0, 0.05) is 13.1 Å². The number of hydrogen-bond acceptors (Lipinski definition) is 7. The van der Waals surface area contributed by atoms with Crippen LogP contribution < -0.4 is 10.6 Å². The van der Waals surface area contributed by atoms with E-state index in [1.165, 1.54) is 6.33 Å². The Bertz CT molecular complexity index is 457. The predicted octanol–water partition coefficient (Wildman–Crippen LogP) is 0.581. The fraction of sp³-hybridized carbons (Fsp3) is 0.600. The van der Waals surface area contributed by atoms with Gasteiger partial charge in [0.25, 0.3) is 0 Å². The fourth-order valence-corrected chi connectivity index (χ4v) is 2.14. The lowest BCUT2D eigenvalue weighted by Gasteiger charge is -2.35. The van der Waals surface area contributed by atoms with Gasteiger partial charge in [0.1, 0.15) is 6.33 Å². The molecular weight excluding hydrogens is 238 g/mol. The molecule has 1 aliphatic rings. The molecule has 18 heavy (non-hydrogen) atoms. The predicted molar refractivity (Wildman–Crippen MR) is 65.3 cm³/mol. The van der Waals surface area contributed by atoms with Crippen molar-refractivity contribution in [2.45, 2.75) is 26.1 Å². The van der Waals surface area contributed by atoms with Gasteiger partial charge in [-0.1, -0.05) is 0 Å². The third-order valence-corrected chi connectivity index (χ3v) is 2.73. The van der Waals surface area contributed by atoms with Crippen molar-refractivity contribution in [3.8, 4) is 0 Å². The molecule has 2 N–H and O–H groups in total. The maximum Gasteiger partial charge on any atom is 0.353 e. The number of anilines is 2. The number of hydrogen-bond donors (Lipinski definition) is 1. The Hall–Kier alpha value is -1.96. The van der Waals surface area contributed by atoms with Crippen LogP contribution >= 0.6 is 0 Å². The molecule has 2 rings (SSSR count). The highest BCUT2D eigenvalue weighted by molar-refractivity contribution is 5.68. The summed E-state index contributed by atoms with van der Waals surface area (Å²) in [5, 5.41) is 11.0. The van der Waals surface area contributed by atoms with Crippen LogP contribution in [0.25, 0.3) is 0 Å². The number of nitro groups is 1. The van der Waals surface area contributed by atoms with E-state index in [1.807, 2.05) is 18.7 Å². The second-order valence-corrected chi connectivity index (χ2v) is 4.35. The Balaban J connectivity index is 2.38. The monoisotopic (exact) mass is 253 g/mol. The van der Waals surface area contributed by atoms with Crippen LogP contribution in [0.5, 0.6) is 0 Å². The Labute approximate surface area is 104 Å². The van der Waals surface area contributed by atoms with Crippen molar-refractivity contribution in [2.24, 2.45) is 0 Å². The van der Waals surface area contributed by atoms with Crippen LogP contribution in [0.4, 0.5) is 17.3 Å². The van der Waals surface area contributed by atoms with Crippen molar-refractivity contribution in [1.29, 1.82) is 0 Å². The van der Waals surface area contributed by atoms with Gasteiger partial charge in [-0.25, -0.2) is 9.97 Å². The molecule has 1 aliphatic heterocycles. The van der Waals surface area contributed by atoms with Crippen LogP contribution in [-0.4, -0.2) is 40.2 Å². The van der Waals surface area contributed by atoms with Gasteiger partial charge in [-0.15, -0.1) is 0 Å². The molecule has 0 aliphatic carbocycles. The highest BCUT2D eigenvalue weighted by Crippen LogP contribution is 2.31. The van der Waals surface area contributed by atoms with E-state index in [-0.39, 0.29) is 29.5 Å². The summed E-state index contributed by atoms with van der Waals surface area (Å²) >= 11 is 0. The lowest BCUT2D eigenvalue weighted by atomic mass is 10.2. The minimum absolute atomic E-state index is 0.00968. The van der Waals surface area contributed by atoms with Gasteiger partial charge >= 0.3 is 5.69 Å². The molecule has 0 spiro atoms. The second-order valence-electron chi connectivity index (χ2n) is 4.35. The topological polar surface area (TPSA) is 107 Å². The standard InChI is InChI=1S/C10H15N5O3/c1-6-3-14(4-7(2)18-6)10-8(15(16)17)9(11)12-5-13-10/h5-7H,3-4H2,1-2H3,(H2,11,12,13)/t6-,7-/m0/s1. The van der Waals surface area contributed by atoms with E-state index in [4.69, 9.17) is 10.5 Å². The summed E-state index contributed by atoms with van der Waals surface area (Å²) in [6.07, 6.45) is 1.22. The maximum absolute atomic E-state index is 11.0. The molecule has 2 heterocycles. The van der Waals surface area contributed by atoms with E-state index in [0.29, 0.717) is 13.1 Å². The van der Waals surface area contributed by atoms with Gasteiger partial charge in [-0.2, -0.15) is 0 Å². The summed E-state index contributed by atoms with van der Waals surface area (Å²) in [6.45, 7) is 4.92. The summed E-state index contributed by atoms with van der Waals surface area (Å²) in [5.41, 5.74) is 5.31. The SMILES string of the molecule is C[C@H]1CN(c2ncnc(N)c2[N+](=O)[O-])C[C@H](C)O1. The van der Waals surface area contributed by atoms with Crippen molar-refractivity contribution >= 4 is 17.3 Å². The van der Waals surface area contributed by atoms with Crippen LogP contribution in [0.1, 0.15) is 13.8 Å². The normalized spacial score (nSPS) is 24.0. The van der Waals surface area contributed by atoms with E-state index in [0.717, 1.165) is 0 Å². The zero-order chi connectivity index (χ0) is 13.3. The molecule has 8 nitrogen and oxygen atoms in total. The Morgan fingerprint density at radius 2 is 2.06 bits per heavy atom. The Kier molecular flexibility index (Phi) is 3.28.